The van der Waals surface area contributed by atoms with Crippen LogP contribution in [-0.4, -0.2) is 19.7 Å². The Kier molecular flexibility index (Phi) is 2.90. The van der Waals surface area contributed by atoms with E-state index in [1.165, 1.54) is 0 Å². The van der Waals surface area contributed by atoms with Gasteiger partial charge in [0, 0.05) is 10.0 Å². The molecule has 2 heterocycles. The van der Waals surface area contributed by atoms with E-state index in [1.807, 2.05) is 47.8 Å². The van der Waals surface area contributed by atoms with Crippen molar-refractivity contribution in [3.05, 3.63) is 58.7 Å². The molecule has 0 saturated heterocycles. The third-order valence-corrected chi connectivity index (χ3v) is 4.21. The Morgan fingerprint density at radius 3 is 2.73 bits per heavy atom. The molecule has 22 heavy (non-hydrogen) atoms. The molecular formula is C17H12BrN3O. The van der Waals surface area contributed by atoms with E-state index in [2.05, 4.69) is 26.0 Å². The topological polar surface area (TPSA) is 50.4 Å². The Morgan fingerprint density at radius 2 is 1.86 bits per heavy atom. The van der Waals surface area contributed by atoms with Crippen molar-refractivity contribution in [3.8, 4) is 17.0 Å². The predicted molar refractivity (Wildman–Crippen MR) is 90.0 cm³/mol. The van der Waals surface area contributed by atoms with E-state index in [0.29, 0.717) is 5.56 Å². The van der Waals surface area contributed by atoms with Crippen LogP contribution in [0.4, 0.5) is 0 Å². The smallest absolute Gasteiger partial charge is 0.125 e. The molecule has 1 N–H and O–H groups in total. The monoisotopic (exact) mass is 353 g/mol. The maximum Gasteiger partial charge on any atom is 0.125 e. The predicted octanol–water partition coefficient (Wildman–Crippen LogP) is 4.33. The van der Waals surface area contributed by atoms with Crippen LogP contribution in [0.3, 0.4) is 0 Å². The summed E-state index contributed by atoms with van der Waals surface area (Å²) >= 11 is 3.43. The molecule has 108 valence electrons. The number of rotatable bonds is 1. The van der Waals surface area contributed by atoms with Gasteiger partial charge < -0.3 is 5.11 Å². The van der Waals surface area contributed by atoms with E-state index in [-0.39, 0.29) is 5.75 Å². The molecule has 0 aliphatic heterocycles. The van der Waals surface area contributed by atoms with Gasteiger partial charge in [-0.1, -0.05) is 28.1 Å². The first-order chi connectivity index (χ1) is 10.6. The zero-order valence-electron chi connectivity index (χ0n) is 11.8. The molecule has 5 heteroatoms. The largest absolute Gasteiger partial charge is 0.507 e. The Bertz CT molecular complexity index is 1020. The zero-order chi connectivity index (χ0) is 15.3. The van der Waals surface area contributed by atoms with Crippen LogP contribution in [0.15, 0.2) is 53.0 Å². The lowest BCUT2D eigenvalue weighted by Gasteiger charge is -2.03. The molecule has 0 aliphatic carbocycles. The van der Waals surface area contributed by atoms with Crippen molar-refractivity contribution >= 4 is 32.5 Å². The Morgan fingerprint density at radius 1 is 1.05 bits per heavy atom. The van der Waals surface area contributed by atoms with E-state index in [0.717, 1.165) is 32.4 Å². The van der Waals surface area contributed by atoms with E-state index in [1.54, 1.807) is 12.1 Å². The number of para-hydroxylation sites is 2. The average Bonchev–Trinajstić information content (AvgIpc) is 2.96. The highest BCUT2D eigenvalue weighted by atomic mass is 79.9. The molecule has 0 atom stereocenters. The normalized spacial score (nSPS) is 11.4. The second-order valence-electron chi connectivity index (χ2n) is 5.17. The molecule has 2 aromatic carbocycles. The van der Waals surface area contributed by atoms with Gasteiger partial charge in [-0.25, -0.2) is 9.50 Å². The van der Waals surface area contributed by atoms with Crippen LogP contribution >= 0.6 is 15.9 Å². The number of hydrogen-bond donors (Lipinski definition) is 1. The molecular weight excluding hydrogens is 342 g/mol. The van der Waals surface area contributed by atoms with Gasteiger partial charge in [0.25, 0.3) is 0 Å². The molecule has 4 rings (SSSR count). The van der Waals surface area contributed by atoms with Crippen LogP contribution in [0.5, 0.6) is 5.75 Å². The van der Waals surface area contributed by atoms with Crippen LogP contribution in [0.2, 0.25) is 0 Å². The van der Waals surface area contributed by atoms with Crippen LogP contribution in [0.25, 0.3) is 27.8 Å². The molecule has 0 saturated carbocycles. The van der Waals surface area contributed by atoms with Gasteiger partial charge in [0.05, 0.1) is 27.9 Å². The third kappa shape index (κ3) is 1.97. The number of aromatic nitrogens is 3. The molecule has 4 nitrogen and oxygen atoms in total. The second-order valence-corrected chi connectivity index (χ2v) is 6.09. The fraction of sp³-hybridized carbons (Fsp3) is 0.0588. The lowest BCUT2D eigenvalue weighted by Crippen LogP contribution is -1.95. The van der Waals surface area contributed by atoms with E-state index >= 15 is 0 Å². The van der Waals surface area contributed by atoms with Crippen molar-refractivity contribution in [1.29, 1.82) is 0 Å². The number of halogens is 1. The number of benzene rings is 2. The molecule has 0 spiro atoms. The summed E-state index contributed by atoms with van der Waals surface area (Å²) in [7, 11) is 0. The summed E-state index contributed by atoms with van der Waals surface area (Å²) < 4.78 is 2.78. The first-order valence-corrected chi connectivity index (χ1v) is 7.67. The fourth-order valence-electron chi connectivity index (χ4n) is 2.64. The number of phenols is 1. The number of aromatic hydroxyl groups is 1. The fourth-order valence-corrected chi connectivity index (χ4v) is 3.00. The number of phenolic OH excluding ortho intramolecular Hbond substituents is 1. The molecule has 0 unspecified atom stereocenters. The highest BCUT2D eigenvalue weighted by Crippen LogP contribution is 2.32. The molecule has 0 fully saturated rings. The molecule has 4 aromatic rings. The van der Waals surface area contributed by atoms with Crippen LogP contribution in [0.1, 0.15) is 5.69 Å². The quantitative estimate of drug-likeness (QED) is 0.554. The van der Waals surface area contributed by atoms with Gasteiger partial charge in [-0.15, -0.1) is 0 Å². The van der Waals surface area contributed by atoms with Crippen LogP contribution < -0.4 is 0 Å². The average molecular weight is 354 g/mol. The standard InChI is InChI=1S/C17H12BrN3O/c1-10-16-9-14(12-8-11(18)6-7-17(12)22)20-21(16)15-5-3-2-4-13(15)19-10/h2-9,22H,1H3. The minimum Gasteiger partial charge on any atom is -0.507 e. The van der Waals surface area contributed by atoms with Crippen molar-refractivity contribution in [2.75, 3.05) is 0 Å². The summed E-state index contributed by atoms with van der Waals surface area (Å²) in [6, 6.07) is 15.2. The van der Waals surface area contributed by atoms with E-state index in [9.17, 15) is 5.11 Å². The molecule has 0 bridgehead atoms. The first kappa shape index (κ1) is 13.3. The summed E-state index contributed by atoms with van der Waals surface area (Å²) in [6.07, 6.45) is 0. The van der Waals surface area contributed by atoms with Gasteiger partial charge >= 0.3 is 0 Å². The van der Waals surface area contributed by atoms with Gasteiger partial charge in [-0.05, 0) is 43.3 Å². The summed E-state index contributed by atoms with van der Waals surface area (Å²) in [5.41, 5.74) is 5.12. The number of fused-ring (bicyclic) bond motifs is 3. The minimum absolute atomic E-state index is 0.210. The lowest BCUT2D eigenvalue weighted by molar-refractivity contribution is 0.477. The summed E-state index contributed by atoms with van der Waals surface area (Å²) in [6.45, 7) is 1.97. The number of aryl methyl sites for hydroxylation is 1. The molecule has 0 aliphatic rings. The van der Waals surface area contributed by atoms with E-state index < -0.39 is 0 Å². The molecule has 0 amide bonds. The molecule has 2 aromatic heterocycles. The van der Waals surface area contributed by atoms with Gasteiger partial charge in [0.2, 0.25) is 0 Å². The van der Waals surface area contributed by atoms with Gasteiger partial charge in [-0.2, -0.15) is 5.10 Å². The zero-order valence-corrected chi connectivity index (χ0v) is 13.4. The summed E-state index contributed by atoms with van der Waals surface area (Å²) in [5.74, 6) is 0.210. The second kappa shape index (κ2) is 4.81. The van der Waals surface area contributed by atoms with Crippen molar-refractivity contribution in [3.63, 3.8) is 0 Å². The minimum atomic E-state index is 0.210. The Hall–Kier alpha value is -2.40. The van der Waals surface area contributed by atoms with Crippen molar-refractivity contribution in [2.24, 2.45) is 0 Å². The highest BCUT2D eigenvalue weighted by Gasteiger charge is 2.13. The van der Waals surface area contributed by atoms with Crippen molar-refractivity contribution in [1.82, 2.24) is 14.6 Å². The van der Waals surface area contributed by atoms with Crippen LogP contribution in [-0.2, 0) is 0 Å². The molecule has 0 radical (unpaired) electrons. The summed E-state index contributed by atoms with van der Waals surface area (Å²) in [5, 5.41) is 14.8. The summed E-state index contributed by atoms with van der Waals surface area (Å²) in [4.78, 5) is 4.62. The first-order valence-electron chi connectivity index (χ1n) is 6.87. The van der Waals surface area contributed by atoms with Crippen molar-refractivity contribution < 1.29 is 5.11 Å². The van der Waals surface area contributed by atoms with Gasteiger partial charge in [-0.3, -0.25) is 0 Å². The lowest BCUT2D eigenvalue weighted by atomic mass is 10.1. The van der Waals surface area contributed by atoms with Gasteiger partial charge in [0.1, 0.15) is 5.75 Å². The number of nitrogens with zero attached hydrogens (tertiary/aromatic N) is 3. The SMILES string of the molecule is Cc1nc2ccccc2n2nc(-c3cc(Br)ccc3O)cc12. The highest BCUT2D eigenvalue weighted by molar-refractivity contribution is 9.10. The Labute approximate surface area is 135 Å². The van der Waals surface area contributed by atoms with Crippen LogP contribution in [0, 0.1) is 6.92 Å². The Balaban J connectivity index is 2.07. The third-order valence-electron chi connectivity index (χ3n) is 3.71. The maximum atomic E-state index is 10.1. The maximum absolute atomic E-state index is 10.1. The van der Waals surface area contributed by atoms with Crippen molar-refractivity contribution in [2.45, 2.75) is 6.92 Å². The number of hydrogen-bond acceptors (Lipinski definition) is 3. The van der Waals surface area contributed by atoms with E-state index in [4.69, 9.17) is 0 Å². The van der Waals surface area contributed by atoms with Gasteiger partial charge in [0.15, 0.2) is 0 Å².